The van der Waals surface area contributed by atoms with Crippen molar-refractivity contribution in [3.8, 4) is 5.69 Å². The van der Waals surface area contributed by atoms with Crippen LogP contribution >= 0.6 is 0 Å². The summed E-state index contributed by atoms with van der Waals surface area (Å²) in [5, 5.41) is 0. The molecule has 0 atom stereocenters. The highest BCUT2D eigenvalue weighted by atomic mass is 32.2. The maximum atomic E-state index is 13.1. The zero-order valence-electron chi connectivity index (χ0n) is 13.1. The van der Waals surface area contributed by atoms with Crippen LogP contribution < -0.4 is 4.90 Å². The maximum absolute atomic E-state index is 13.1. The molecular weight excluding hydrogens is 355 g/mol. The lowest BCUT2D eigenvalue weighted by atomic mass is 10.3. The summed E-state index contributed by atoms with van der Waals surface area (Å²) in [6, 6.07) is 5.61. The van der Waals surface area contributed by atoms with Gasteiger partial charge < -0.3 is 4.90 Å². The van der Waals surface area contributed by atoms with Crippen molar-refractivity contribution in [2.24, 2.45) is 0 Å². The van der Waals surface area contributed by atoms with Gasteiger partial charge in [0.05, 0.1) is 4.90 Å². The highest BCUT2D eigenvalue weighted by molar-refractivity contribution is 7.90. The average Bonchev–Trinajstić information content (AvgIpc) is 3.00. The summed E-state index contributed by atoms with van der Waals surface area (Å²) in [6.45, 7) is 0.381. The molecule has 25 heavy (non-hydrogen) atoms. The van der Waals surface area contributed by atoms with Crippen LogP contribution in [0.15, 0.2) is 59.8 Å². The van der Waals surface area contributed by atoms with Crippen molar-refractivity contribution in [2.45, 2.75) is 11.1 Å². The third-order valence-corrected chi connectivity index (χ3v) is 4.72. The molecule has 0 N–H and O–H groups in total. The molecule has 0 unspecified atom stereocenters. The largest absolute Gasteiger partial charge is 0.434 e. The van der Waals surface area contributed by atoms with Gasteiger partial charge in [0.15, 0.2) is 15.5 Å². The second-order valence-electron chi connectivity index (χ2n) is 5.48. The molecule has 1 aromatic heterocycles. The number of aromatic nitrogens is 2. The Bertz CT molecular complexity index is 942. The molecule has 1 aliphatic rings. The minimum atomic E-state index is -4.58. The highest BCUT2D eigenvalue weighted by Gasteiger charge is 2.35. The number of hydrogen-bond donors (Lipinski definition) is 0. The number of imidazole rings is 1. The molecular formula is C16H14F3N3O2S. The van der Waals surface area contributed by atoms with Crippen LogP contribution in [0.2, 0.25) is 0 Å². The zero-order chi connectivity index (χ0) is 18.2. The third kappa shape index (κ3) is 3.60. The predicted octanol–water partition coefficient (Wildman–Crippen LogP) is 3.18. The quantitative estimate of drug-likeness (QED) is 0.834. The molecule has 3 rings (SSSR count). The smallest absolute Gasteiger partial charge is 0.314 e. The fourth-order valence-electron chi connectivity index (χ4n) is 2.37. The van der Waals surface area contributed by atoms with Crippen molar-refractivity contribution < 1.29 is 21.6 Å². The Labute approximate surface area is 142 Å². The molecule has 0 saturated heterocycles. The Morgan fingerprint density at radius 3 is 2.32 bits per heavy atom. The fourth-order valence-corrected chi connectivity index (χ4v) is 3.00. The van der Waals surface area contributed by atoms with Gasteiger partial charge in [-0.3, -0.25) is 4.57 Å². The molecule has 1 aromatic carbocycles. The Hall–Kier alpha value is -2.55. The molecule has 132 valence electrons. The van der Waals surface area contributed by atoms with Crippen LogP contribution in [0.4, 0.5) is 19.1 Å². The Morgan fingerprint density at radius 1 is 1.12 bits per heavy atom. The Balaban J connectivity index is 2.09. The van der Waals surface area contributed by atoms with Gasteiger partial charge >= 0.3 is 6.18 Å². The molecule has 5 nitrogen and oxygen atoms in total. The second kappa shape index (κ2) is 6.07. The molecule has 0 bridgehead atoms. The molecule has 0 spiro atoms. The van der Waals surface area contributed by atoms with Gasteiger partial charge in [-0.2, -0.15) is 13.2 Å². The monoisotopic (exact) mass is 369 g/mol. The van der Waals surface area contributed by atoms with Gasteiger partial charge in [-0.1, -0.05) is 12.2 Å². The Morgan fingerprint density at radius 2 is 1.80 bits per heavy atom. The van der Waals surface area contributed by atoms with Crippen LogP contribution in [-0.2, 0) is 16.0 Å². The molecule has 0 aliphatic carbocycles. The summed E-state index contributed by atoms with van der Waals surface area (Å²) < 4.78 is 63.6. The molecule has 0 amide bonds. The van der Waals surface area contributed by atoms with E-state index in [0.29, 0.717) is 12.2 Å². The van der Waals surface area contributed by atoms with Crippen molar-refractivity contribution in [3.63, 3.8) is 0 Å². The number of allylic oxidation sites excluding steroid dienone is 2. The van der Waals surface area contributed by atoms with Gasteiger partial charge in [0.1, 0.15) is 0 Å². The van der Waals surface area contributed by atoms with E-state index in [-0.39, 0.29) is 10.8 Å². The number of nitrogens with zero attached hydrogens (tertiary/aromatic N) is 3. The fraction of sp³-hybridized carbons (Fsp3) is 0.188. The number of sulfone groups is 1. The number of benzene rings is 1. The number of anilines is 1. The molecule has 9 heteroatoms. The number of halogens is 3. The van der Waals surface area contributed by atoms with Crippen molar-refractivity contribution >= 4 is 15.8 Å². The maximum Gasteiger partial charge on any atom is 0.434 e. The lowest BCUT2D eigenvalue weighted by molar-refractivity contribution is -0.140. The van der Waals surface area contributed by atoms with Gasteiger partial charge in [0, 0.05) is 30.9 Å². The average molecular weight is 369 g/mol. The topological polar surface area (TPSA) is 55.2 Å². The normalized spacial score (nSPS) is 15.0. The molecule has 0 fully saturated rings. The number of rotatable bonds is 3. The first-order valence-electron chi connectivity index (χ1n) is 7.23. The van der Waals surface area contributed by atoms with Crippen LogP contribution in [0.5, 0.6) is 0 Å². The van der Waals surface area contributed by atoms with Crippen molar-refractivity contribution in [1.29, 1.82) is 0 Å². The summed E-state index contributed by atoms with van der Waals surface area (Å²) in [7, 11) is -3.39. The van der Waals surface area contributed by atoms with Gasteiger partial charge in [-0.25, -0.2) is 13.4 Å². The first kappa shape index (κ1) is 17.3. The van der Waals surface area contributed by atoms with Gasteiger partial charge in [0.2, 0.25) is 5.95 Å². The number of hydrogen-bond acceptors (Lipinski definition) is 4. The highest BCUT2D eigenvalue weighted by Crippen LogP contribution is 2.32. The van der Waals surface area contributed by atoms with E-state index in [9.17, 15) is 21.6 Å². The summed E-state index contributed by atoms with van der Waals surface area (Å²) in [6.07, 6.45) is 4.29. The predicted molar refractivity (Wildman–Crippen MR) is 87.3 cm³/mol. The zero-order valence-corrected chi connectivity index (χ0v) is 13.9. The lowest BCUT2D eigenvalue weighted by Gasteiger charge is -2.20. The van der Waals surface area contributed by atoms with Gasteiger partial charge in [-0.05, 0) is 30.3 Å². The minimum absolute atomic E-state index is 0.0924. The van der Waals surface area contributed by atoms with E-state index in [1.165, 1.54) is 28.8 Å². The van der Waals surface area contributed by atoms with E-state index in [0.717, 1.165) is 12.5 Å². The first-order valence-corrected chi connectivity index (χ1v) is 9.12. The van der Waals surface area contributed by atoms with Crippen molar-refractivity contribution in [2.75, 3.05) is 17.7 Å². The van der Waals surface area contributed by atoms with E-state index in [1.54, 1.807) is 29.3 Å². The van der Waals surface area contributed by atoms with Gasteiger partial charge in [-0.15, -0.1) is 0 Å². The number of alkyl halides is 3. The van der Waals surface area contributed by atoms with E-state index >= 15 is 0 Å². The molecule has 1 aliphatic heterocycles. The van der Waals surface area contributed by atoms with Crippen molar-refractivity contribution in [1.82, 2.24) is 9.55 Å². The summed E-state index contributed by atoms with van der Waals surface area (Å²) in [4.78, 5) is 5.37. The Kier molecular flexibility index (Phi) is 4.19. The minimum Gasteiger partial charge on any atom is -0.314 e. The SMILES string of the molecule is CS(=O)(=O)c1ccc(-n2cc(C(F)(F)F)nc2N2C=CC=CC2)cc1. The van der Waals surface area contributed by atoms with E-state index in [4.69, 9.17) is 0 Å². The van der Waals surface area contributed by atoms with Crippen LogP contribution in [0.25, 0.3) is 5.69 Å². The van der Waals surface area contributed by atoms with E-state index < -0.39 is 21.7 Å². The third-order valence-electron chi connectivity index (χ3n) is 3.59. The van der Waals surface area contributed by atoms with Crippen LogP contribution in [0.3, 0.4) is 0 Å². The summed E-state index contributed by atoms with van der Waals surface area (Å²) in [5.41, 5.74) is -0.633. The van der Waals surface area contributed by atoms with Crippen LogP contribution in [0.1, 0.15) is 5.69 Å². The van der Waals surface area contributed by atoms with Crippen LogP contribution in [-0.4, -0.2) is 30.8 Å². The molecule has 0 radical (unpaired) electrons. The van der Waals surface area contributed by atoms with E-state index in [1.807, 2.05) is 0 Å². The molecule has 2 aromatic rings. The summed E-state index contributed by atoms with van der Waals surface area (Å²) >= 11 is 0. The first-order chi connectivity index (χ1) is 11.7. The van der Waals surface area contributed by atoms with E-state index in [2.05, 4.69) is 4.98 Å². The second-order valence-corrected chi connectivity index (χ2v) is 7.50. The van der Waals surface area contributed by atoms with Crippen molar-refractivity contribution in [3.05, 3.63) is 60.6 Å². The molecule has 2 heterocycles. The van der Waals surface area contributed by atoms with Gasteiger partial charge in [0.25, 0.3) is 0 Å². The van der Waals surface area contributed by atoms with Crippen LogP contribution in [0, 0.1) is 0 Å². The standard InChI is InChI=1S/C16H14F3N3O2S/c1-25(23,24)13-7-5-12(6-8-13)22-11-14(16(17,18)19)20-15(22)21-9-3-2-4-10-21/h2-9,11H,10H2,1H3. The lowest BCUT2D eigenvalue weighted by Crippen LogP contribution is -2.21. The molecule has 0 saturated carbocycles. The summed E-state index contributed by atoms with van der Waals surface area (Å²) in [5.74, 6) is 0.0973.